The van der Waals surface area contributed by atoms with E-state index >= 15 is 0 Å². The van der Waals surface area contributed by atoms with Gasteiger partial charge in [0.05, 0.1) is 0 Å². The van der Waals surface area contributed by atoms with E-state index in [0.717, 1.165) is 37.7 Å². The minimum Gasteiger partial charge on any atom is -0.385 e. The van der Waals surface area contributed by atoms with Crippen molar-refractivity contribution in [1.29, 1.82) is 0 Å². The van der Waals surface area contributed by atoms with E-state index in [9.17, 15) is 0 Å². The van der Waals surface area contributed by atoms with Gasteiger partial charge in [0, 0.05) is 50.1 Å². The summed E-state index contributed by atoms with van der Waals surface area (Å²) in [7, 11) is 1.76. The summed E-state index contributed by atoms with van der Waals surface area (Å²) in [4.78, 5) is 4.58. The molecule has 0 bridgehead atoms. The van der Waals surface area contributed by atoms with Gasteiger partial charge in [-0.05, 0) is 50.3 Å². The molecule has 114 valence electrons. The maximum Gasteiger partial charge on any atom is 0.140 e. The highest BCUT2D eigenvalue weighted by atomic mass is 16.5. The molecule has 1 aliphatic rings. The number of nitrogens with zero attached hydrogens (tertiary/aromatic N) is 2. The first-order valence-electron chi connectivity index (χ1n) is 7.98. The largest absolute Gasteiger partial charge is 0.385 e. The van der Waals surface area contributed by atoms with Crippen LogP contribution in [0.1, 0.15) is 44.2 Å². The van der Waals surface area contributed by atoms with Crippen molar-refractivity contribution in [2.24, 2.45) is 0 Å². The van der Waals surface area contributed by atoms with Crippen molar-refractivity contribution in [2.75, 3.05) is 13.7 Å². The zero-order valence-corrected chi connectivity index (χ0v) is 13.0. The Kier molecular flexibility index (Phi) is 4.56. The number of unbranched alkanes of at least 4 members (excludes halogenated alkanes) is 1. The van der Waals surface area contributed by atoms with Gasteiger partial charge in [-0.3, -0.25) is 0 Å². The summed E-state index contributed by atoms with van der Waals surface area (Å²) in [6.07, 6.45) is 9.02. The number of aromatic nitrogens is 2. The Morgan fingerprint density at radius 2 is 2.29 bits per heavy atom. The fourth-order valence-electron chi connectivity index (χ4n) is 2.89. The molecule has 0 aliphatic heterocycles. The van der Waals surface area contributed by atoms with Crippen LogP contribution in [0, 0.1) is 0 Å². The fraction of sp³-hybridized carbons (Fsp3) is 0.588. The molecule has 0 aromatic carbocycles. The van der Waals surface area contributed by atoms with Crippen LogP contribution in [0.4, 0.5) is 0 Å². The van der Waals surface area contributed by atoms with Crippen LogP contribution in [0.15, 0.2) is 24.5 Å². The molecule has 1 fully saturated rings. The Balaban J connectivity index is 1.79. The van der Waals surface area contributed by atoms with Gasteiger partial charge in [-0.15, -0.1) is 0 Å². The van der Waals surface area contributed by atoms with E-state index in [1.807, 2.05) is 12.3 Å². The zero-order valence-electron chi connectivity index (χ0n) is 13.0. The minimum atomic E-state index is 0.393. The molecule has 0 radical (unpaired) electrons. The van der Waals surface area contributed by atoms with Crippen molar-refractivity contribution < 1.29 is 4.74 Å². The first-order valence-corrected chi connectivity index (χ1v) is 7.98. The van der Waals surface area contributed by atoms with Crippen LogP contribution in [-0.4, -0.2) is 29.3 Å². The number of ether oxygens (including phenoxy) is 1. The Morgan fingerprint density at radius 1 is 1.43 bits per heavy atom. The third-order valence-corrected chi connectivity index (χ3v) is 4.19. The lowest BCUT2D eigenvalue weighted by Gasteiger charge is -2.12. The van der Waals surface area contributed by atoms with Crippen molar-refractivity contribution in [3.8, 4) is 0 Å². The van der Waals surface area contributed by atoms with Crippen LogP contribution in [0.3, 0.4) is 0 Å². The van der Waals surface area contributed by atoms with Crippen molar-refractivity contribution >= 4 is 11.0 Å². The highest BCUT2D eigenvalue weighted by Crippen LogP contribution is 2.29. The van der Waals surface area contributed by atoms with E-state index in [2.05, 4.69) is 34.1 Å². The molecule has 1 saturated carbocycles. The Morgan fingerprint density at radius 3 is 3.05 bits per heavy atom. The summed E-state index contributed by atoms with van der Waals surface area (Å²) in [6.45, 7) is 4.10. The molecule has 3 rings (SSSR count). The topological polar surface area (TPSA) is 39.1 Å². The van der Waals surface area contributed by atoms with Crippen LogP contribution in [-0.2, 0) is 11.3 Å². The number of nitrogens with one attached hydrogen (secondary N) is 1. The Labute approximate surface area is 126 Å². The first kappa shape index (κ1) is 14.5. The second-order valence-corrected chi connectivity index (χ2v) is 6.01. The van der Waals surface area contributed by atoms with Crippen molar-refractivity contribution in [2.45, 2.75) is 51.2 Å². The highest BCUT2D eigenvalue weighted by molar-refractivity contribution is 5.80. The molecule has 2 heterocycles. The summed E-state index contributed by atoms with van der Waals surface area (Å²) in [6, 6.07) is 5.33. The third-order valence-electron chi connectivity index (χ3n) is 4.19. The van der Waals surface area contributed by atoms with Crippen molar-refractivity contribution in [1.82, 2.24) is 14.9 Å². The van der Waals surface area contributed by atoms with E-state index in [0.29, 0.717) is 6.04 Å². The normalized spacial score (nSPS) is 16.5. The number of fused-ring (bicyclic) bond motifs is 1. The van der Waals surface area contributed by atoms with Gasteiger partial charge in [0.1, 0.15) is 5.65 Å². The fourth-order valence-corrected chi connectivity index (χ4v) is 2.89. The molecule has 1 unspecified atom stereocenters. The molecule has 0 saturated heterocycles. The monoisotopic (exact) mass is 287 g/mol. The number of hydrogen-bond donors (Lipinski definition) is 1. The van der Waals surface area contributed by atoms with Crippen LogP contribution in [0.25, 0.3) is 11.0 Å². The maximum absolute atomic E-state index is 5.13. The van der Waals surface area contributed by atoms with Gasteiger partial charge >= 0.3 is 0 Å². The molecule has 21 heavy (non-hydrogen) atoms. The average Bonchev–Trinajstić information content (AvgIpc) is 3.23. The lowest BCUT2D eigenvalue weighted by Crippen LogP contribution is -2.20. The van der Waals surface area contributed by atoms with Crippen LogP contribution < -0.4 is 5.32 Å². The summed E-state index contributed by atoms with van der Waals surface area (Å²) in [5.41, 5.74) is 2.48. The van der Waals surface area contributed by atoms with Crippen molar-refractivity contribution in [3.63, 3.8) is 0 Å². The number of methoxy groups -OCH3 is 1. The molecule has 2 aromatic rings. The van der Waals surface area contributed by atoms with E-state index in [-0.39, 0.29) is 0 Å². The molecule has 0 spiro atoms. The molecule has 1 aliphatic carbocycles. The zero-order chi connectivity index (χ0) is 14.7. The number of pyridine rings is 1. The molecule has 1 N–H and O–H groups in total. The molecule has 4 heteroatoms. The van der Waals surface area contributed by atoms with E-state index in [1.54, 1.807) is 7.11 Å². The van der Waals surface area contributed by atoms with Crippen LogP contribution >= 0.6 is 0 Å². The van der Waals surface area contributed by atoms with Crippen LogP contribution in [0.2, 0.25) is 0 Å². The third kappa shape index (κ3) is 3.44. The molecular formula is C17H25N3O. The van der Waals surface area contributed by atoms with Gasteiger partial charge in [-0.1, -0.05) is 0 Å². The highest BCUT2D eigenvalue weighted by Gasteiger charge is 2.24. The second kappa shape index (κ2) is 6.58. The molecule has 4 nitrogen and oxygen atoms in total. The maximum atomic E-state index is 5.13. The molecule has 1 atom stereocenters. The smallest absolute Gasteiger partial charge is 0.140 e. The predicted octanol–water partition coefficient (Wildman–Crippen LogP) is 3.28. The van der Waals surface area contributed by atoms with Gasteiger partial charge in [0.15, 0.2) is 0 Å². The number of rotatable bonds is 8. The summed E-state index contributed by atoms with van der Waals surface area (Å²) in [5, 5.41) is 4.97. The Bertz CT molecular complexity index is 589. The average molecular weight is 287 g/mol. The van der Waals surface area contributed by atoms with Gasteiger partial charge < -0.3 is 14.6 Å². The van der Waals surface area contributed by atoms with Gasteiger partial charge in [-0.2, -0.15) is 0 Å². The molecule has 0 amide bonds. The second-order valence-electron chi connectivity index (χ2n) is 6.01. The Hall–Kier alpha value is -1.39. The number of aryl methyl sites for hydroxylation is 1. The summed E-state index contributed by atoms with van der Waals surface area (Å²) in [5.74, 6) is 0. The quantitative estimate of drug-likeness (QED) is 0.757. The first-order chi connectivity index (χ1) is 10.3. The van der Waals surface area contributed by atoms with E-state index < -0.39 is 0 Å². The lowest BCUT2D eigenvalue weighted by molar-refractivity contribution is 0.191. The lowest BCUT2D eigenvalue weighted by atomic mass is 10.1. The molecular weight excluding hydrogens is 262 g/mol. The van der Waals surface area contributed by atoms with E-state index in [1.165, 1.54) is 23.8 Å². The minimum absolute atomic E-state index is 0.393. The van der Waals surface area contributed by atoms with Gasteiger partial charge in [-0.25, -0.2) is 4.98 Å². The van der Waals surface area contributed by atoms with Crippen LogP contribution in [0.5, 0.6) is 0 Å². The predicted molar refractivity (Wildman–Crippen MR) is 85.4 cm³/mol. The standard InChI is InChI=1S/C17H25N3O/c1-13(19-14-7-8-14)16-12-20(10-3-4-11-21-2)17-15(16)6-5-9-18-17/h5-6,9,12-14,19H,3-4,7-8,10-11H2,1-2H3. The van der Waals surface area contributed by atoms with Crippen molar-refractivity contribution in [3.05, 3.63) is 30.1 Å². The van der Waals surface area contributed by atoms with Gasteiger partial charge in [0.2, 0.25) is 0 Å². The summed E-state index contributed by atoms with van der Waals surface area (Å²) >= 11 is 0. The summed E-state index contributed by atoms with van der Waals surface area (Å²) < 4.78 is 7.42. The molecule has 2 aromatic heterocycles. The van der Waals surface area contributed by atoms with E-state index in [4.69, 9.17) is 4.74 Å². The number of hydrogen-bond acceptors (Lipinski definition) is 3. The van der Waals surface area contributed by atoms with Gasteiger partial charge in [0.25, 0.3) is 0 Å². The SMILES string of the molecule is COCCCCn1cc(C(C)NC2CC2)c2cccnc21.